The number of aryl methyl sites for hydroxylation is 1. The van der Waals surface area contributed by atoms with Gasteiger partial charge in [-0.2, -0.15) is 0 Å². The van der Waals surface area contributed by atoms with Crippen molar-refractivity contribution in [3.63, 3.8) is 0 Å². The van der Waals surface area contributed by atoms with Crippen LogP contribution in [-0.2, 0) is 13.2 Å². The van der Waals surface area contributed by atoms with Crippen molar-refractivity contribution >= 4 is 21.4 Å². The zero-order valence-electron chi connectivity index (χ0n) is 11.4. The SMILES string of the molecule is Cc1ccccc1OCc1csc2c(CN)cccc12. The first-order chi connectivity index (χ1) is 9.79. The third-order valence-corrected chi connectivity index (χ3v) is 4.58. The Labute approximate surface area is 122 Å². The van der Waals surface area contributed by atoms with Gasteiger partial charge in [-0.05, 0) is 34.9 Å². The first-order valence-electron chi connectivity index (χ1n) is 6.66. The Hall–Kier alpha value is -1.84. The van der Waals surface area contributed by atoms with Gasteiger partial charge in [-0.15, -0.1) is 11.3 Å². The summed E-state index contributed by atoms with van der Waals surface area (Å²) in [5, 5.41) is 3.42. The standard InChI is InChI=1S/C17H17NOS/c1-12-5-2-3-8-16(12)19-10-14-11-20-17-13(9-18)6-4-7-15(14)17/h2-8,11H,9-10,18H2,1H3. The normalized spacial score (nSPS) is 10.9. The van der Waals surface area contributed by atoms with Crippen molar-refractivity contribution in [2.45, 2.75) is 20.1 Å². The lowest BCUT2D eigenvalue weighted by Crippen LogP contribution is -1.97. The fraction of sp³-hybridized carbons (Fsp3) is 0.176. The molecule has 0 bridgehead atoms. The summed E-state index contributed by atoms with van der Waals surface area (Å²) in [5.41, 5.74) is 9.38. The maximum absolute atomic E-state index is 5.94. The number of rotatable bonds is 4. The van der Waals surface area contributed by atoms with Gasteiger partial charge in [0.25, 0.3) is 0 Å². The smallest absolute Gasteiger partial charge is 0.122 e. The number of hydrogen-bond donors (Lipinski definition) is 1. The third-order valence-electron chi connectivity index (χ3n) is 3.46. The van der Waals surface area contributed by atoms with E-state index < -0.39 is 0 Å². The molecular weight excluding hydrogens is 266 g/mol. The minimum absolute atomic E-state index is 0.579. The number of para-hydroxylation sites is 1. The van der Waals surface area contributed by atoms with Gasteiger partial charge in [0.15, 0.2) is 0 Å². The molecule has 20 heavy (non-hydrogen) atoms. The van der Waals surface area contributed by atoms with Gasteiger partial charge in [0.05, 0.1) is 0 Å². The van der Waals surface area contributed by atoms with Gasteiger partial charge in [-0.3, -0.25) is 0 Å². The summed E-state index contributed by atoms with van der Waals surface area (Å²) >= 11 is 1.74. The second-order valence-corrected chi connectivity index (χ2v) is 5.69. The maximum Gasteiger partial charge on any atom is 0.122 e. The van der Waals surface area contributed by atoms with Crippen LogP contribution < -0.4 is 10.5 Å². The van der Waals surface area contributed by atoms with Crippen molar-refractivity contribution in [1.29, 1.82) is 0 Å². The van der Waals surface area contributed by atoms with E-state index in [9.17, 15) is 0 Å². The molecule has 0 saturated carbocycles. The number of thiophene rings is 1. The Morgan fingerprint density at radius 3 is 2.70 bits per heavy atom. The summed E-state index contributed by atoms with van der Waals surface area (Å²) in [4.78, 5) is 0. The molecule has 0 aliphatic carbocycles. The van der Waals surface area contributed by atoms with E-state index in [4.69, 9.17) is 10.5 Å². The van der Waals surface area contributed by atoms with Gasteiger partial charge in [-0.1, -0.05) is 36.4 Å². The average molecular weight is 283 g/mol. The van der Waals surface area contributed by atoms with Gasteiger partial charge in [0, 0.05) is 16.8 Å². The summed E-state index contributed by atoms with van der Waals surface area (Å²) in [7, 11) is 0. The fourth-order valence-electron chi connectivity index (χ4n) is 2.32. The van der Waals surface area contributed by atoms with Crippen LogP contribution >= 0.6 is 11.3 Å². The lowest BCUT2D eigenvalue weighted by molar-refractivity contribution is 0.306. The van der Waals surface area contributed by atoms with E-state index in [0.717, 1.165) is 11.3 Å². The van der Waals surface area contributed by atoms with Gasteiger partial charge in [0.2, 0.25) is 0 Å². The second kappa shape index (κ2) is 5.65. The van der Waals surface area contributed by atoms with Crippen LogP contribution in [0.3, 0.4) is 0 Å². The molecule has 3 aromatic rings. The van der Waals surface area contributed by atoms with Gasteiger partial charge in [0.1, 0.15) is 12.4 Å². The molecule has 0 aliphatic rings. The summed E-state index contributed by atoms with van der Waals surface area (Å²) in [6.45, 7) is 3.24. The Morgan fingerprint density at radius 1 is 1.05 bits per heavy atom. The summed E-state index contributed by atoms with van der Waals surface area (Å²) in [6, 6.07) is 14.4. The van der Waals surface area contributed by atoms with Crippen molar-refractivity contribution in [1.82, 2.24) is 0 Å². The van der Waals surface area contributed by atoms with Crippen LogP contribution in [0.15, 0.2) is 47.8 Å². The van der Waals surface area contributed by atoms with Crippen LogP contribution in [0.4, 0.5) is 0 Å². The minimum Gasteiger partial charge on any atom is -0.489 e. The highest BCUT2D eigenvalue weighted by Crippen LogP contribution is 2.30. The Kier molecular flexibility index (Phi) is 3.72. The molecule has 2 N–H and O–H groups in total. The molecule has 2 nitrogen and oxygen atoms in total. The van der Waals surface area contributed by atoms with Gasteiger partial charge >= 0.3 is 0 Å². The monoisotopic (exact) mass is 283 g/mol. The number of hydrogen-bond acceptors (Lipinski definition) is 3. The van der Waals surface area contributed by atoms with E-state index in [1.165, 1.54) is 21.2 Å². The van der Waals surface area contributed by atoms with Gasteiger partial charge in [-0.25, -0.2) is 0 Å². The van der Waals surface area contributed by atoms with Gasteiger partial charge < -0.3 is 10.5 Å². The first-order valence-corrected chi connectivity index (χ1v) is 7.54. The Morgan fingerprint density at radius 2 is 1.90 bits per heavy atom. The zero-order valence-corrected chi connectivity index (χ0v) is 12.2. The van der Waals surface area contributed by atoms with E-state index in [0.29, 0.717) is 13.2 Å². The number of benzene rings is 2. The molecule has 0 atom stereocenters. The molecule has 0 radical (unpaired) electrons. The topological polar surface area (TPSA) is 35.2 Å². The van der Waals surface area contributed by atoms with Crippen LogP contribution in [-0.4, -0.2) is 0 Å². The fourth-order valence-corrected chi connectivity index (χ4v) is 3.40. The molecule has 1 aromatic heterocycles. The summed E-state index contributed by atoms with van der Waals surface area (Å²) in [6.07, 6.45) is 0. The molecule has 0 saturated heterocycles. The van der Waals surface area contributed by atoms with E-state index in [1.54, 1.807) is 11.3 Å². The molecule has 0 aliphatic heterocycles. The van der Waals surface area contributed by atoms with Crippen molar-refractivity contribution in [2.24, 2.45) is 5.73 Å². The van der Waals surface area contributed by atoms with E-state index >= 15 is 0 Å². The van der Waals surface area contributed by atoms with E-state index in [2.05, 4.69) is 36.6 Å². The van der Waals surface area contributed by atoms with Crippen molar-refractivity contribution in [3.8, 4) is 5.75 Å². The highest BCUT2D eigenvalue weighted by Gasteiger charge is 2.08. The predicted octanol–water partition coefficient (Wildman–Crippen LogP) is 4.25. The molecule has 0 amide bonds. The quantitative estimate of drug-likeness (QED) is 0.777. The number of nitrogens with two attached hydrogens (primary N) is 1. The van der Waals surface area contributed by atoms with Crippen molar-refractivity contribution in [2.75, 3.05) is 0 Å². The largest absolute Gasteiger partial charge is 0.489 e. The molecule has 3 heteroatoms. The maximum atomic E-state index is 5.94. The molecule has 0 fully saturated rings. The van der Waals surface area contributed by atoms with Crippen molar-refractivity contribution in [3.05, 3.63) is 64.5 Å². The van der Waals surface area contributed by atoms with Crippen LogP contribution in [0, 0.1) is 6.92 Å². The zero-order chi connectivity index (χ0) is 13.9. The molecule has 0 spiro atoms. The lowest BCUT2D eigenvalue weighted by atomic mass is 10.1. The molecule has 1 heterocycles. The molecule has 0 unspecified atom stereocenters. The molecule has 3 rings (SSSR count). The summed E-state index contributed by atoms with van der Waals surface area (Å²) < 4.78 is 7.21. The molecular formula is C17H17NOS. The van der Waals surface area contributed by atoms with E-state index in [-0.39, 0.29) is 0 Å². The van der Waals surface area contributed by atoms with E-state index in [1.807, 2.05) is 18.2 Å². The third kappa shape index (κ3) is 2.42. The highest BCUT2D eigenvalue weighted by molar-refractivity contribution is 7.17. The number of ether oxygens (including phenoxy) is 1. The predicted molar refractivity (Wildman–Crippen MR) is 85.2 cm³/mol. The lowest BCUT2D eigenvalue weighted by Gasteiger charge is -2.08. The Balaban J connectivity index is 1.87. The van der Waals surface area contributed by atoms with Crippen molar-refractivity contribution < 1.29 is 4.74 Å². The average Bonchev–Trinajstić information content (AvgIpc) is 2.89. The first kappa shape index (κ1) is 13.2. The molecule has 2 aromatic carbocycles. The van der Waals surface area contributed by atoms with Crippen LogP contribution in [0.1, 0.15) is 16.7 Å². The number of fused-ring (bicyclic) bond motifs is 1. The molecule has 102 valence electrons. The van der Waals surface area contributed by atoms with Crippen LogP contribution in [0.2, 0.25) is 0 Å². The Bertz CT molecular complexity index is 733. The summed E-state index contributed by atoms with van der Waals surface area (Å²) in [5.74, 6) is 0.946. The van der Waals surface area contributed by atoms with Crippen LogP contribution in [0.25, 0.3) is 10.1 Å². The minimum atomic E-state index is 0.579. The van der Waals surface area contributed by atoms with Crippen LogP contribution in [0.5, 0.6) is 5.75 Å². The highest BCUT2D eigenvalue weighted by atomic mass is 32.1. The second-order valence-electron chi connectivity index (χ2n) is 4.81.